The van der Waals surface area contributed by atoms with Gasteiger partial charge in [0.1, 0.15) is 11.9 Å². The minimum Gasteiger partial charge on any atom is -0.497 e. The second-order valence-corrected chi connectivity index (χ2v) is 12.8. The highest BCUT2D eigenvalue weighted by atomic mass is 28.4. The lowest BCUT2D eigenvalue weighted by atomic mass is 10.0. The van der Waals surface area contributed by atoms with Crippen LogP contribution in [0.1, 0.15) is 44.0 Å². The Bertz CT molecular complexity index is 614. The number of esters is 1. The molecule has 138 valence electrons. The molecule has 0 amide bonds. The molecule has 0 saturated carbocycles. The molecule has 0 aliphatic heterocycles. The summed E-state index contributed by atoms with van der Waals surface area (Å²) in [6.07, 6.45) is 5.62. The highest BCUT2D eigenvalue weighted by Gasteiger charge is 2.39. The fraction of sp³-hybridized carbons (Fsp3) is 0.550. The molecule has 0 bridgehead atoms. The molecule has 0 saturated heterocycles. The second kappa shape index (κ2) is 7.75. The van der Waals surface area contributed by atoms with Crippen molar-refractivity contribution in [1.82, 2.24) is 0 Å². The van der Waals surface area contributed by atoms with Gasteiger partial charge in [0.2, 0.25) is 0 Å². The van der Waals surface area contributed by atoms with Gasteiger partial charge in [0.25, 0.3) is 0 Å². The van der Waals surface area contributed by atoms with E-state index in [-0.39, 0.29) is 23.2 Å². The predicted molar refractivity (Wildman–Crippen MR) is 103 cm³/mol. The molecule has 25 heavy (non-hydrogen) atoms. The minimum atomic E-state index is -1.78. The highest BCUT2D eigenvalue weighted by molar-refractivity contribution is 6.74. The van der Waals surface area contributed by atoms with Crippen molar-refractivity contribution in [2.45, 2.75) is 64.0 Å². The summed E-state index contributed by atoms with van der Waals surface area (Å²) in [5, 5.41) is 0.193. The van der Waals surface area contributed by atoms with Crippen molar-refractivity contribution < 1.29 is 18.7 Å². The number of ether oxygens (including phenoxy) is 2. The van der Waals surface area contributed by atoms with Crippen LogP contribution in [-0.2, 0) is 9.16 Å². The van der Waals surface area contributed by atoms with Crippen molar-refractivity contribution >= 4 is 14.3 Å². The van der Waals surface area contributed by atoms with Crippen LogP contribution in [0.3, 0.4) is 0 Å². The van der Waals surface area contributed by atoms with E-state index in [9.17, 15) is 4.79 Å². The van der Waals surface area contributed by atoms with Gasteiger partial charge in [-0.25, -0.2) is 4.79 Å². The summed E-state index contributed by atoms with van der Waals surface area (Å²) in [6, 6.07) is 6.96. The number of carbonyl (C=O) groups is 1. The monoisotopic (exact) mass is 362 g/mol. The molecule has 1 aliphatic rings. The molecule has 0 heterocycles. The fourth-order valence-corrected chi connectivity index (χ4v) is 3.76. The van der Waals surface area contributed by atoms with Gasteiger partial charge < -0.3 is 13.9 Å². The maximum absolute atomic E-state index is 12.2. The van der Waals surface area contributed by atoms with Crippen molar-refractivity contribution in [3.05, 3.63) is 42.0 Å². The molecule has 1 aromatic rings. The molecular weight excluding hydrogens is 332 g/mol. The molecule has 0 fully saturated rings. The van der Waals surface area contributed by atoms with Crippen LogP contribution in [0.15, 0.2) is 36.4 Å². The molecule has 1 aliphatic carbocycles. The van der Waals surface area contributed by atoms with Crippen molar-refractivity contribution in [3.63, 3.8) is 0 Å². The highest BCUT2D eigenvalue weighted by Crippen LogP contribution is 2.38. The smallest absolute Gasteiger partial charge is 0.338 e. The van der Waals surface area contributed by atoms with Gasteiger partial charge >= 0.3 is 5.97 Å². The zero-order valence-corrected chi connectivity index (χ0v) is 17.2. The summed E-state index contributed by atoms with van der Waals surface area (Å²) in [5.74, 6) is 0.417. The average molecular weight is 363 g/mol. The van der Waals surface area contributed by atoms with Crippen LogP contribution in [0.25, 0.3) is 0 Å². The molecule has 2 atom stereocenters. The Labute approximate surface area is 152 Å². The van der Waals surface area contributed by atoms with E-state index >= 15 is 0 Å². The first-order chi connectivity index (χ1) is 11.6. The lowest BCUT2D eigenvalue weighted by Gasteiger charge is -2.39. The largest absolute Gasteiger partial charge is 0.497 e. The van der Waals surface area contributed by atoms with E-state index in [0.717, 1.165) is 18.6 Å². The lowest BCUT2D eigenvalue weighted by Crippen LogP contribution is -2.44. The Morgan fingerprint density at radius 2 is 1.60 bits per heavy atom. The topological polar surface area (TPSA) is 44.8 Å². The first-order valence-electron chi connectivity index (χ1n) is 8.83. The van der Waals surface area contributed by atoms with Gasteiger partial charge in [-0.1, -0.05) is 26.8 Å². The molecule has 5 heteroatoms. The summed E-state index contributed by atoms with van der Waals surface area (Å²) in [4.78, 5) is 12.2. The van der Waals surface area contributed by atoms with Gasteiger partial charge in [0.05, 0.1) is 18.8 Å². The quantitative estimate of drug-likeness (QED) is 0.422. The third-order valence-electron chi connectivity index (χ3n) is 5.11. The van der Waals surface area contributed by atoms with Crippen molar-refractivity contribution in [2.24, 2.45) is 0 Å². The third-order valence-corrected chi connectivity index (χ3v) is 9.62. The number of hydrogen-bond acceptors (Lipinski definition) is 4. The third kappa shape index (κ3) is 5.19. The van der Waals surface area contributed by atoms with Crippen molar-refractivity contribution in [1.29, 1.82) is 0 Å². The maximum Gasteiger partial charge on any atom is 0.338 e. The molecule has 4 nitrogen and oxygen atoms in total. The van der Waals surface area contributed by atoms with Gasteiger partial charge in [-0.2, -0.15) is 0 Å². The predicted octanol–water partition coefficient (Wildman–Crippen LogP) is 4.96. The number of hydrogen-bond donors (Lipinski definition) is 0. The maximum atomic E-state index is 12.2. The van der Waals surface area contributed by atoms with Crippen LogP contribution in [-0.4, -0.2) is 33.6 Å². The average Bonchev–Trinajstić information content (AvgIpc) is 2.55. The normalized spacial score (nSPS) is 21.0. The number of rotatable bonds is 5. The standard InChI is InChI=1S/C20H30O4Si/c1-20(2,3)25(5,6)24-18-13-11-17(12-14-18)23-19(21)15-7-9-16(22-4)10-8-15/h7-11,13,17-18H,12,14H2,1-6H3/t17-,18-/m0/s1. The van der Waals surface area contributed by atoms with E-state index in [1.807, 2.05) is 6.08 Å². The van der Waals surface area contributed by atoms with E-state index in [1.54, 1.807) is 31.4 Å². The van der Waals surface area contributed by atoms with Crippen molar-refractivity contribution in [3.8, 4) is 5.75 Å². The van der Waals surface area contributed by atoms with Crippen LogP contribution >= 0.6 is 0 Å². The van der Waals surface area contributed by atoms with Gasteiger partial charge in [-0.3, -0.25) is 0 Å². The SMILES string of the molecule is COc1ccc(C(=O)O[C@H]2C=C[C@H](O[Si](C)(C)C(C)(C)C)CC2)cc1. The Morgan fingerprint density at radius 1 is 1.04 bits per heavy atom. The lowest BCUT2D eigenvalue weighted by molar-refractivity contribution is 0.0338. The summed E-state index contributed by atoms with van der Waals surface area (Å²) in [6.45, 7) is 11.2. The van der Waals surface area contributed by atoms with Gasteiger partial charge in [0, 0.05) is 0 Å². The zero-order chi connectivity index (χ0) is 18.7. The molecule has 0 unspecified atom stereocenters. The number of benzene rings is 1. The number of methoxy groups -OCH3 is 1. The Hall–Kier alpha value is -1.59. The fourth-order valence-electron chi connectivity index (χ4n) is 2.45. The number of carbonyl (C=O) groups excluding carboxylic acids is 1. The van der Waals surface area contributed by atoms with E-state index in [1.165, 1.54) is 0 Å². The molecule has 0 aromatic heterocycles. The van der Waals surface area contributed by atoms with Crippen LogP contribution in [0.2, 0.25) is 18.1 Å². The van der Waals surface area contributed by atoms with E-state index in [0.29, 0.717) is 5.56 Å². The Kier molecular flexibility index (Phi) is 6.11. The van der Waals surface area contributed by atoms with Crippen LogP contribution in [0.5, 0.6) is 5.75 Å². The molecule has 0 spiro atoms. The van der Waals surface area contributed by atoms with Crippen molar-refractivity contribution in [2.75, 3.05) is 7.11 Å². The molecule has 0 N–H and O–H groups in total. The second-order valence-electron chi connectivity index (χ2n) is 8.05. The first-order valence-corrected chi connectivity index (χ1v) is 11.7. The van der Waals surface area contributed by atoms with E-state index < -0.39 is 8.32 Å². The van der Waals surface area contributed by atoms with Gasteiger partial charge in [-0.15, -0.1) is 0 Å². The van der Waals surface area contributed by atoms with E-state index in [4.69, 9.17) is 13.9 Å². The molecule has 2 rings (SSSR count). The first kappa shape index (κ1) is 19.7. The van der Waals surface area contributed by atoms with Gasteiger partial charge in [0.15, 0.2) is 8.32 Å². The van der Waals surface area contributed by atoms with E-state index in [2.05, 4.69) is 39.9 Å². The summed E-state index contributed by atoms with van der Waals surface area (Å²) in [5.41, 5.74) is 0.536. The molecule has 0 radical (unpaired) electrons. The molecular formula is C20H30O4Si. The molecule has 1 aromatic carbocycles. The summed E-state index contributed by atoms with van der Waals surface area (Å²) < 4.78 is 17.1. The van der Waals surface area contributed by atoms with Crippen LogP contribution in [0.4, 0.5) is 0 Å². The Morgan fingerprint density at radius 3 is 2.08 bits per heavy atom. The van der Waals surface area contributed by atoms with Crippen LogP contribution in [0, 0.1) is 0 Å². The Balaban J connectivity index is 1.91. The minimum absolute atomic E-state index is 0.122. The summed E-state index contributed by atoms with van der Waals surface area (Å²) >= 11 is 0. The summed E-state index contributed by atoms with van der Waals surface area (Å²) in [7, 11) is -0.179. The van der Waals surface area contributed by atoms with Gasteiger partial charge in [-0.05, 0) is 61.3 Å². The van der Waals surface area contributed by atoms with Crippen LogP contribution < -0.4 is 4.74 Å². The zero-order valence-electron chi connectivity index (χ0n) is 16.2.